The molecule has 26 heavy (non-hydrogen) atoms. The first-order valence-corrected chi connectivity index (χ1v) is 7.15. The molecule has 1 fully saturated rings. The summed E-state index contributed by atoms with van der Waals surface area (Å²) >= 11 is 0. The molecule has 0 aromatic carbocycles. The fraction of sp³-hybridized carbons (Fsp3) is 0.200. The highest BCUT2D eigenvalue weighted by Gasteiger charge is 2.62. The number of hydrogen-bond acceptors (Lipinski definition) is 16. The summed E-state index contributed by atoms with van der Waals surface area (Å²) in [5.41, 5.74) is 72.5. The minimum atomic E-state index is -2.05. The van der Waals surface area contributed by atoms with Crippen LogP contribution < -0.4 is 68.8 Å². The van der Waals surface area contributed by atoms with Gasteiger partial charge in [-0.1, -0.05) is 0 Å². The van der Waals surface area contributed by atoms with Gasteiger partial charge in [-0.05, 0) is 0 Å². The molecule has 1 saturated heterocycles. The van der Waals surface area contributed by atoms with E-state index in [-0.39, 0.29) is 46.1 Å². The lowest BCUT2D eigenvalue weighted by Crippen LogP contribution is -2.94. The number of hydrogen-bond donors (Lipinski definition) is 12. The first kappa shape index (κ1) is 17.2. The van der Waals surface area contributed by atoms with Gasteiger partial charge in [-0.3, -0.25) is 22.9 Å². The Kier molecular flexibility index (Phi) is 2.99. The molecule has 3 rings (SSSR count). The van der Waals surface area contributed by atoms with E-state index in [2.05, 4.69) is 0 Å². The van der Waals surface area contributed by atoms with Crippen molar-refractivity contribution in [1.82, 2.24) is 20.0 Å². The highest BCUT2D eigenvalue weighted by molar-refractivity contribution is 5.40. The number of nitrogens with two attached hydrogens (primary N) is 12. The molecular weight excluding hydrogens is 344 g/mol. The molecule has 144 valence electrons. The fourth-order valence-electron chi connectivity index (χ4n) is 3.03. The molecule has 24 N–H and O–H groups in total. The molecule has 0 unspecified atom stereocenters. The van der Waals surface area contributed by atoms with E-state index < -0.39 is 11.8 Å². The lowest BCUT2D eigenvalue weighted by Gasteiger charge is -2.66. The first-order valence-electron chi connectivity index (χ1n) is 7.15. The summed E-state index contributed by atoms with van der Waals surface area (Å²) in [6, 6.07) is 0. The smallest absolute Gasteiger partial charge is 0.263 e. The predicted molar refractivity (Wildman–Crippen MR) is 91.2 cm³/mol. The Morgan fingerprint density at radius 3 is 0.692 bits per heavy atom. The van der Waals surface area contributed by atoms with Gasteiger partial charge in [0.1, 0.15) is 46.1 Å². The third-order valence-electron chi connectivity index (χ3n) is 4.35. The predicted octanol–water partition coefficient (Wildman–Crippen LogP) is -7.53. The van der Waals surface area contributed by atoms with Gasteiger partial charge in [0.25, 0.3) is 11.8 Å². The van der Waals surface area contributed by atoms with Crippen LogP contribution in [0.15, 0.2) is 46.1 Å². The average molecular weight is 368 g/mol. The average Bonchev–Trinajstić information content (AvgIpc) is 2.55. The molecular formula is C10H24N16. The normalized spacial score (nSPS) is 25.1. The van der Waals surface area contributed by atoms with Crippen molar-refractivity contribution in [3.8, 4) is 0 Å². The third kappa shape index (κ3) is 1.64. The second kappa shape index (κ2) is 4.52. The lowest BCUT2D eigenvalue weighted by atomic mass is 10.2. The molecule has 3 heterocycles. The van der Waals surface area contributed by atoms with Crippen molar-refractivity contribution >= 4 is 0 Å². The van der Waals surface area contributed by atoms with Crippen LogP contribution in [0, 0.1) is 0 Å². The molecule has 0 aromatic heterocycles. The molecule has 0 saturated carbocycles. The van der Waals surface area contributed by atoms with Crippen molar-refractivity contribution in [1.29, 1.82) is 0 Å². The maximum absolute atomic E-state index is 6.29. The Bertz CT molecular complexity index is 681. The van der Waals surface area contributed by atoms with Gasteiger partial charge < -0.3 is 45.9 Å². The van der Waals surface area contributed by atoms with Crippen molar-refractivity contribution in [3.05, 3.63) is 46.1 Å². The van der Waals surface area contributed by atoms with Crippen molar-refractivity contribution in [2.24, 2.45) is 68.8 Å². The van der Waals surface area contributed by atoms with Gasteiger partial charge in [0.15, 0.2) is 0 Å². The zero-order chi connectivity index (χ0) is 19.9. The number of nitrogens with zero attached hydrogens (tertiary/aromatic N) is 4. The molecule has 0 radical (unpaired) electrons. The van der Waals surface area contributed by atoms with E-state index in [0.717, 1.165) is 20.0 Å². The second-order valence-corrected chi connectivity index (χ2v) is 6.01. The molecule has 16 heteroatoms. The second-order valence-electron chi connectivity index (χ2n) is 6.01. The third-order valence-corrected chi connectivity index (χ3v) is 4.35. The van der Waals surface area contributed by atoms with E-state index >= 15 is 0 Å². The Morgan fingerprint density at radius 1 is 0.385 bits per heavy atom. The van der Waals surface area contributed by atoms with Crippen LogP contribution in [0.25, 0.3) is 0 Å². The minimum absolute atomic E-state index is 0.0844. The van der Waals surface area contributed by atoms with Gasteiger partial charge in [-0.2, -0.15) is 0 Å². The Morgan fingerprint density at radius 2 is 0.538 bits per heavy atom. The highest BCUT2D eigenvalue weighted by atomic mass is 16.0. The van der Waals surface area contributed by atoms with E-state index in [1.807, 2.05) is 0 Å². The first-order chi connectivity index (χ1) is 11.8. The van der Waals surface area contributed by atoms with Crippen LogP contribution in [0.3, 0.4) is 0 Å². The summed E-state index contributed by atoms with van der Waals surface area (Å²) < 4.78 is 0. The van der Waals surface area contributed by atoms with Gasteiger partial charge in [0.2, 0.25) is 0 Å². The van der Waals surface area contributed by atoms with Crippen molar-refractivity contribution in [2.45, 2.75) is 11.8 Å². The quantitative estimate of drug-likeness (QED) is 0.176. The fourth-order valence-corrected chi connectivity index (χ4v) is 3.03. The van der Waals surface area contributed by atoms with Crippen LogP contribution in [0.5, 0.6) is 0 Å². The largest absolute Gasteiger partial charge is 0.394 e. The van der Waals surface area contributed by atoms with E-state index in [9.17, 15) is 0 Å². The molecule has 16 nitrogen and oxygen atoms in total. The molecule has 0 aromatic rings. The van der Waals surface area contributed by atoms with Crippen molar-refractivity contribution in [3.63, 3.8) is 0 Å². The summed E-state index contributed by atoms with van der Waals surface area (Å²) in [7, 11) is 0. The lowest BCUT2D eigenvalue weighted by molar-refractivity contribution is -0.336. The molecule has 0 bridgehead atoms. The van der Waals surface area contributed by atoms with E-state index in [1.54, 1.807) is 0 Å². The SMILES string of the molecule is NC1=C(N)N2N(C(N)=C1N)C(N)(N)N1C(N)=C(N)C(N)=C(N)N1C2(N)N. The van der Waals surface area contributed by atoms with Crippen LogP contribution in [0.1, 0.15) is 0 Å². The van der Waals surface area contributed by atoms with E-state index in [0.29, 0.717) is 0 Å². The summed E-state index contributed by atoms with van der Waals surface area (Å²) in [5, 5.41) is 4.11. The summed E-state index contributed by atoms with van der Waals surface area (Å²) in [5.74, 6) is -4.80. The Hall–Kier alpha value is -3.60. The summed E-state index contributed by atoms with van der Waals surface area (Å²) in [4.78, 5) is 0. The van der Waals surface area contributed by atoms with Crippen molar-refractivity contribution < 1.29 is 0 Å². The minimum Gasteiger partial charge on any atom is -0.394 e. The van der Waals surface area contributed by atoms with Gasteiger partial charge in [0, 0.05) is 0 Å². The maximum Gasteiger partial charge on any atom is 0.263 e. The molecule has 0 aliphatic carbocycles. The molecule has 3 aliphatic rings. The molecule has 0 atom stereocenters. The molecule has 0 spiro atoms. The van der Waals surface area contributed by atoms with Crippen LogP contribution in [-0.4, -0.2) is 31.9 Å². The van der Waals surface area contributed by atoms with Crippen LogP contribution in [-0.2, 0) is 0 Å². The zero-order valence-corrected chi connectivity index (χ0v) is 13.7. The number of hydrazine groups is 2. The van der Waals surface area contributed by atoms with Crippen LogP contribution in [0.4, 0.5) is 0 Å². The molecule has 3 aliphatic heterocycles. The van der Waals surface area contributed by atoms with E-state index in [1.165, 1.54) is 0 Å². The number of fused-ring (bicyclic) bond motifs is 2. The Labute approximate surface area is 147 Å². The number of rotatable bonds is 0. The maximum atomic E-state index is 6.29. The molecule has 0 amide bonds. The van der Waals surface area contributed by atoms with Crippen molar-refractivity contribution in [2.75, 3.05) is 0 Å². The zero-order valence-electron chi connectivity index (χ0n) is 13.7. The monoisotopic (exact) mass is 368 g/mol. The topological polar surface area (TPSA) is 325 Å². The van der Waals surface area contributed by atoms with Gasteiger partial charge >= 0.3 is 0 Å². The highest BCUT2D eigenvalue weighted by Crippen LogP contribution is 2.40. The van der Waals surface area contributed by atoms with E-state index in [4.69, 9.17) is 68.8 Å². The Balaban J connectivity index is 2.35. The standard InChI is InChI=1S/C10H24N16/c11-1-2(12)6(16)24-10(21,22)26-8(18)4(14)3(13)7(17)25(26)9(19,20)23(24)5(1)15/h11-22H2. The summed E-state index contributed by atoms with van der Waals surface area (Å²) in [6.45, 7) is 0. The van der Waals surface area contributed by atoms with Gasteiger partial charge in [0.05, 0.1) is 0 Å². The van der Waals surface area contributed by atoms with Gasteiger partial charge in [-0.25, -0.2) is 20.0 Å². The van der Waals surface area contributed by atoms with Crippen LogP contribution >= 0.6 is 0 Å². The summed E-state index contributed by atoms with van der Waals surface area (Å²) in [6.07, 6.45) is 0. The van der Waals surface area contributed by atoms with Gasteiger partial charge in [-0.15, -0.1) is 0 Å². The van der Waals surface area contributed by atoms with Crippen LogP contribution in [0.2, 0.25) is 0 Å².